The molecule has 0 aliphatic carbocycles. The number of ether oxygens (including phenoxy) is 12. The van der Waals surface area contributed by atoms with Crippen LogP contribution in [-0.4, -0.2) is 141 Å². The largest absolute Gasteiger partial charge is 0.490 e. The lowest BCUT2D eigenvalue weighted by atomic mass is 9.83. The Labute approximate surface area is 637 Å². The maximum Gasteiger partial charge on any atom is 0.306 e. The van der Waals surface area contributed by atoms with Crippen LogP contribution < -0.4 is 28.7 Å². The lowest BCUT2D eigenvalue weighted by molar-refractivity contribution is -0.155. The molecule has 0 N–H and O–H groups in total. The first-order valence-electron chi connectivity index (χ1n) is 38.4. The van der Waals surface area contributed by atoms with Crippen molar-refractivity contribution < 1.29 is 85.6 Å². The van der Waals surface area contributed by atoms with Crippen LogP contribution in [0.5, 0.6) is 23.0 Å². The number of rotatable bonds is 38. The number of anilines is 2. The molecule has 0 radical (unpaired) electrons. The summed E-state index contributed by atoms with van der Waals surface area (Å²) in [5, 5.41) is 4.59. The van der Waals surface area contributed by atoms with E-state index in [1.54, 1.807) is 0 Å². The van der Waals surface area contributed by atoms with Crippen LogP contribution >= 0.6 is 0 Å². The van der Waals surface area contributed by atoms with E-state index in [-0.39, 0.29) is 103 Å². The van der Waals surface area contributed by atoms with Gasteiger partial charge in [-0.1, -0.05) is 147 Å². The molecular formula is C89H98N2O18. The van der Waals surface area contributed by atoms with Crippen molar-refractivity contribution in [3.05, 3.63) is 215 Å². The smallest absolute Gasteiger partial charge is 0.306 e. The van der Waals surface area contributed by atoms with Gasteiger partial charge >= 0.3 is 35.8 Å². The van der Waals surface area contributed by atoms with Crippen molar-refractivity contribution in [1.29, 1.82) is 0 Å². The van der Waals surface area contributed by atoms with E-state index in [4.69, 9.17) is 56.8 Å². The topological polar surface area (TPSA) is 220 Å². The van der Waals surface area contributed by atoms with Gasteiger partial charge in [0.15, 0.2) is 11.2 Å². The minimum atomic E-state index is -0.918. The summed E-state index contributed by atoms with van der Waals surface area (Å²) in [7, 11) is 0. The standard InChI is InChI=1S/C89H98N2O18/c1-3-87(4-2,63-106-81(92)29-13-7-19-51-102-83(94)39-41-85(96)104-59-57-100-69-35-31-67(32-36-69)88(65-21-9-5-10-22-65)45-43-75-71-25-15-17-27-73(71)77(61-79(75)108-88)90-47-53-98-54-48-90)64-107-82(93)30-14-8-20-52-103-84(95)40-42-86(97)105-60-58-101-70-37-33-68(34-38-70)89(66-23-11-6-12-24-66)46-44-76-72-26-16-18-28-74(72)78(62-80(76)109-89)91-49-55-99-56-50-91/h5-6,9-12,15-18,21-28,31-38,43-46,61-62H,3-4,7-8,13-14,19-20,29-30,39-42,47-60,63-64H2,1-2H3. The van der Waals surface area contributed by atoms with Crippen molar-refractivity contribution in [3.63, 3.8) is 0 Å². The Hall–Kier alpha value is -10.7. The molecular weight excluding hydrogens is 1380 g/mol. The second-order valence-electron chi connectivity index (χ2n) is 27.8. The molecule has 572 valence electrons. The molecule has 109 heavy (non-hydrogen) atoms. The minimum absolute atomic E-state index is 0.00245. The van der Waals surface area contributed by atoms with Crippen LogP contribution in [0.4, 0.5) is 11.4 Å². The van der Waals surface area contributed by atoms with Crippen molar-refractivity contribution in [2.75, 3.05) is 115 Å². The highest BCUT2D eigenvalue weighted by atomic mass is 16.6. The van der Waals surface area contributed by atoms with E-state index in [0.717, 1.165) is 93.2 Å². The van der Waals surface area contributed by atoms with Gasteiger partial charge in [-0.05, 0) is 111 Å². The Balaban J connectivity index is 0.468. The Morgan fingerprint density at radius 2 is 0.706 bits per heavy atom. The quantitative estimate of drug-likeness (QED) is 0.0199. The third-order valence-electron chi connectivity index (χ3n) is 20.7. The number of carbonyl (C=O) groups excluding carboxylic acids is 6. The van der Waals surface area contributed by atoms with Gasteiger partial charge in [-0.2, -0.15) is 0 Å². The molecule has 4 heterocycles. The van der Waals surface area contributed by atoms with E-state index >= 15 is 0 Å². The average molecular weight is 1480 g/mol. The number of esters is 6. The lowest BCUT2D eigenvalue weighted by Crippen LogP contribution is -2.37. The predicted octanol–water partition coefficient (Wildman–Crippen LogP) is 15.6. The van der Waals surface area contributed by atoms with Crippen LogP contribution in [0.2, 0.25) is 0 Å². The zero-order valence-electron chi connectivity index (χ0n) is 62.4. The molecule has 8 aromatic rings. The van der Waals surface area contributed by atoms with Gasteiger partial charge in [-0.25, -0.2) is 0 Å². The monoisotopic (exact) mass is 1480 g/mol. The molecule has 20 heteroatoms. The maximum absolute atomic E-state index is 12.8. The van der Waals surface area contributed by atoms with E-state index in [9.17, 15) is 28.8 Å². The van der Waals surface area contributed by atoms with Crippen LogP contribution in [0, 0.1) is 5.41 Å². The number of nitrogens with zero attached hydrogens (tertiary/aromatic N) is 2. The molecule has 0 bridgehead atoms. The van der Waals surface area contributed by atoms with E-state index in [1.807, 2.05) is 98.8 Å². The summed E-state index contributed by atoms with van der Waals surface area (Å²) in [5.74, 6) is -0.0654. The Bertz CT molecular complexity index is 4160. The maximum atomic E-state index is 12.8. The van der Waals surface area contributed by atoms with Gasteiger partial charge < -0.3 is 66.6 Å². The number of hydrogen-bond acceptors (Lipinski definition) is 20. The minimum Gasteiger partial charge on any atom is -0.490 e. The van der Waals surface area contributed by atoms with E-state index in [2.05, 4.69) is 119 Å². The Morgan fingerprint density at radius 1 is 0.367 bits per heavy atom. The normalized spacial score (nSPS) is 16.6. The molecule has 20 nitrogen and oxygen atoms in total. The molecule has 2 saturated heterocycles. The van der Waals surface area contributed by atoms with Gasteiger partial charge in [0.05, 0.1) is 65.3 Å². The summed E-state index contributed by atoms with van der Waals surface area (Å²) in [4.78, 5) is 80.3. The van der Waals surface area contributed by atoms with E-state index in [0.29, 0.717) is 89.3 Å². The molecule has 2 fully saturated rings. The van der Waals surface area contributed by atoms with Crippen LogP contribution in [0.15, 0.2) is 182 Å². The lowest BCUT2D eigenvalue weighted by Gasteiger charge is -2.38. The van der Waals surface area contributed by atoms with Crippen LogP contribution in [0.3, 0.4) is 0 Å². The molecule has 2 atom stereocenters. The van der Waals surface area contributed by atoms with Crippen molar-refractivity contribution >= 4 is 80.9 Å². The highest BCUT2D eigenvalue weighted by Gasteiger charge is 2.40. The van der Waals surface area contributed by atoms with Gasteiger partial charge in [0.25, 0.3) is 0 Å². The highest BCUT2D eigenvalue weighted by Crippen LogP contribution is 2.49. The summed E-state index contributed by atoms with van der Waals surface area (Å²) >= 11 is 0. The van der Waals surface area contributed by atoms with Crippen LogP contribution in [-0.2, 0) is 77.9 Å². The first-order chi connectivity index (χ1) is 53.3. The molecule has 0 spiro atoms. The van der Waals surface area contributed by atoms with E-state index < -0.39 is 40.5 Å². The number of benzene rings is 8. The predicted molar refractivity (Wildman–Crippen MR) is 416 cm³/mol. The third-order valence-corrected chi connectivity index (χ3v) is 20.7. The number of hydrogen-bond donors (Lipinski definition) is 0. The molecule has 4 aliphatic heterocycles. The van der Waals surface area contributed by atoms with Crippen LogP contribution in [0.1, 0.15) is 137 Å². The second-order valence-corrected chi connectivity index (χ2v) is 27.8. The van der Waals surface area contributed by atoms with E-state index in [1.165, 1.54) is 10.8 Å². The van der Waals surface area contributed by atoms with Gasteiger partial charge in [-0.3, -0.25) is 28.8 Å². The molecule has 0 saturated carbocycles. The molecule has 2 unspecified atom stereocenters. The summed E-state index contributed by atoms with van der Waals surface area (Å²) in [6.07, 6.45) is 13.0. The molecule has 8 aromatic carbocycles. The average Bonchev–Trinajstić information content (AvgIpc) is 0.739. The zero-order valence-corrected chi connectivity index (χ0v) is 62.4. The second kappa shape index (κ2) is 38.4. The SMILES string of the molecule is CCC(CC)(COC(=O)CCCCCOC(=O)CCC(=O)OCCOc1ccc(C2(c3ccccc3)C=Cc3c(cc(N4CCOCC4)c4ccccc34)O2)cc1)COC(=O)CCCCCOC(=O)CCC(=O)OCCOc1ccc(C2(c3ccccc3)C=Cc3c(cc(N4CCOCC4)c4ccccc34)O2)cc1. The first kappa shape index (κ1) is 77.9. The van der Waals surface area contributed by atoms with Crippen molar-refractivity contribution in [2.45, 2.75) is 115 Å². The van der Waals surface area contributed by atoms with Gasteiger partial charge in [0.1, 0.15) is 62.6 Å². The van der Waals surface area contributed by atoms with Gasteiger partial charge in [-0.15, -0.1) is 0 Å². The molecule has 12 rings (SSSR count). The number of unbranched alkanes of at least 4 members (excludes halogenated alkanes) is 4. The summed E-state index contributed by atoms with van der Waals surface area (Å²) in [5.41, 5.74) is 5.71. The molecule has 0 aromatic heterocycles. The third kappa shape index (κ3) is 20.2. The first-order valence-corrected chi connectivity index (χ1v) is 38.4. The molecule has 0 amide bonds. The Morgan fingerprint density at radius 3 is 1.08 bits per heavy atom. The van der Waals surface area contributed by atoms with Crippen molar-refractivity contribution in [1.82, 2.24) is 0 Å². The Kier molecular flexibility index (Phi) is 27.4. The summed E-state index contributed by atoms with van der Waals surface area (Å²) in [6.45, 7) is 10.5. The zero-order chi connectivity index (χ0) is 75.7. The van der Waals surface area contributed by atoms with Crippen LogP contribution in [0.25, 0.3) is 33.7 Å². The van der Waals surface area contributed by atoms with Crippen molar-refractivity contribution in [3.8, 4) is 23.0 Å². The van der Waals surface area contributed by atoms with Crippen molar-refractivity contribution in [2.24, 2.45) is 5.41 Å². The highest BCUT2D eigenvalue weighted by molar-refractivity contribution is 6.03. The summed E-state index contributed by atoms with van der Waals surface area (Å²) < 4.78 is 70.3. The fourth-order valence-electron chi connectivity index (χ4n) is 14.2. The van der Waals surface area contributed by atoms with Gasteiger partial charge in [0, 0.05) is 112 Å². The summed E-state index contributed by atoms with van der Waals surface area (Å²) in [6, 6.07) is 57.0. The molecule has 4 aliphatic rings. The fraction of sp³-hybridized carbons (Fsp3) is 0.393. The number of morpholine rings is 2. The number of carbonyl (C=O) groups is 6. The van der Waals surface area contributed by atoms with Gasteiger partial charge in [0.2, 0.25) is 0 Å². The number of fused-ring (bicyclic) bond motifs is 6. The fourth-order valence-corrected chi connectivity index (χ4v) is 14.2.